The fraction of sp³-hybridized carbons (Fsp3) is 0.125. The fourth-order valence-corrected chi connectivity index (χ4v) is 2.71. The third kappa shape index (κ3) is 2.27. The first-order valence-corrected chi connectivity index (χ1v) is 7.00. The Labute approximate surface area is 131 Å². The summed E-state index contributed by atoms with van der Waals surface area (Å²) in [6.45, 7) is 0.706. The summed E-state index contributed by atoms with van der Waals surface area (Å²) in [5.41, 5.74) is 5.76. The number of nitrogens with zero attached hydrogens (tertiary/aromatic N) is 1. The highest BCUT2D eigenvalue weighted by Crippen LogP contribution is 2.37. The van der Waals surface area contributed by atoms with Crippen molar-refractivity contribution in [1.29, 1.82) is 0 Å². The van der Waals surface area contributed by atoms with Gasteiger partial charge in [0.2, 0.25) is 5.78 Å². The van der Waals surface area contributed by atoms with Crippen LogP contribution in [0.3, 0.4) is 0 Å². The lowest BCUT2D eigenvalue weighted by Gasteiger charge is -2.20. The number of hydrogen-bond acceptors (Lipinski definition) is 6. The topological polar surface area (TPSA) is 115 Å². The van der Waals surface area contributed by atoms with Crippen LogP contribution in [0.25, 0.3) is 0 Å². The van der Waals surface area contributed by atoms with Crippen LogP contribution < -0.4 is 11.1 Å². The quantitative estimate of drug-likeness (QED) is 0.560. The number of fused-ring (bicyclic) bond motifs is 2. The van der Waals surface area contributed by atoms with E-state index in [0.29, 0.717) is 18.8 Å². The van der Waals surface area contributed by atoms with E-state index in [4.69, 9.17) is 5.73 Å². The van der Waals surface area contributed by atoms with Gasteiger partial charge in [-0.3, -0.25) is 19.7 Å². The first kappa shape index (κ1) is 14.9. The summed E-state index contributed by atoms with van der Waals surface area (Å²) < 4.78 is 0. The van der Waals surface area contributed by atoms with Crippen molar-refractivity contribution in [1.82, 2.24) is 0 Å². The molecular formula is C16H13N3O4. The van der Waals surface area contributed by atoms with Gasteiger partial charge in [0.05, 0.1) is 10.5 Å². The minimum Gasteiger partial charge on any atom is -0.383 e. The minimum atomic E-state index is -0.648. The van der Waals surface area contributed by atoms with Gasteiger partial charge in [-0.05, 0) is 6.07 Å². The Kier molecular flexibility index (Phi) is 3.63. The minimum absolute atomic E-state index is 0.0383. The van der Waals surface area contributed by atoms with E-state index in [1.165, 1.54) is 18.2 Å². The lowest BCUT2D eigenvalue weighted by atomic mass is 9.82. The number of anilines is 1. The van der Waals surface area contributed by atoms with Gasteiger partial charge in [0.1, 0.15) is 5.56 Å². The van der Waals surface area contributed by atoms with Gasteiger partial charge in [0.15, 0.2) is 5.78 Å². The number of carbonyl (C=O) groups is 2. The van der Waals surface area contributed by atoms with Gasteiger partial charge in [-0.15, -0.1) is 0 Å². The van der Waals surface area contributed by atoms with Crippen molar-refractivity contribution in [2.75, 3.05) is 18.4 Å². The van der Waals surface area contributed by atoms with Gasteiger partial charge in [-0.2, -0.15) is 0 Å². The zero-order valence-electron chi connectivity index (χ0n) is 12.0. The van der Waals surface area contributed by atoms with Gasteiger partial charge < -0.3 is 11.1 Å². The number of nitrogens with one attached hydrogen (secondary N) is 1. The second kappa shape index (κ2) is 5.62. The molecule has 23 heavy (non-hydrogen) atoms. The molecule has 0 unspecified atom stereocenters. The summed E-state index contributed by atoms with van der Waals surface area (Å²) in [7, 11) is 0. The van der Waals surface area contributed by atoms with Crippen LogP contribution in [0.15, 0.2) is 36.4 Å². The van der Waals surface area contributed by atoms with Crippen molar-refractivity contribution in [2.24, 2.45) is 5.73 Å². The van der Waals surface area contributed by atoms with E-state index in [1.54, 1.807) is 18.2 Å². The second-order valence-electron chi connectivity index (χ2n) is 5.06. The fourth-order valence-electron chi connectivity index (χ4n) is 2.71. The molecule has 3 N–H and O–H groups in total. The maximum Gasteiger partial charge on any atom is 0.281 e. The smallest absolute Gasteiger partial charge is 0.281 e. The molecule has 0 fully saturated rings. The second-order valence-corrected chi connectivity index (χ2v) is 5.06. The van der Waals surface area contributed by atoms with E-state index < -0.39 is 16.5 Å². The van der Waals surface area contributed by atoms with Crippen LogP contribution >= 0.6 is 0 Å². The molecule has 0 heterocycles. The van der Waals surface area contributed by atoms with Crippen LogP contribution in [0.2, 0.25) is 0 Å². The normalized spacial score (nSPS) is 12.6. The lowest BCUT2D eigenvalue weighted by Crippen LogP contribution is -2.24. The van der Waals surface area contributed by atoms with E-state index >= 15 is 0 Å². The van der Waals surface area contributed by atoms with Crippen LogP contribution in [0.4, 0.5) is 11.4 Å². The monoisotopic (exact) mass is 311 g/mol. The molecule has 0 spiro atoms. The van der Waals surface area contributed by atoms with E-state index in [1.807, 2.05) is 0 Å². The Morgan fingerprint density at radius 3 is 2.17 bits per heavy atom. The molecule has 116 valence electrons. The molecule has 0 bridgehead atoms. The predicted octanol–water partition coefficient (Wildman–Crippen LogP) is 1.74. The van der Waals surface area contributed by atoms with Crippen LogP contribution in [0.1, 0.15) is 31.8 Å². The Morgan fingerprint density at radius 1 is 1.00 bits per heavy atom. The van der Waals surface area contributed by atoms with E-state index in [0.717, 1.165) is 0 Å². The lowest BCUT2D eigenvalue weighted by molar-refractivity contribution is -0.385. The molecule has 2 aromatic rings. The van der Waals surface area contributed by atoms with Crippen LogP contribution in [0.5, 0.6) is 0 Å². The summed E-state index contributed by atoms with van der Waals surface area (Å²) in [5.74, 6) is -0.920. The summed E-state index contributed by atoms with van der Waals surface area (Å²) in [5, 5.41) is 14.2. The molecule has 1 aliphatic carbocycles. The number of nitro groups is 1. The summed E-state index contributed by atoms with van der Waals surface area (Å²) in [4.78, 5) is 36.1. The summed E-state index contributed by atoms with van der Waals surface area (Å²) in [6.07, 6.45) is 0. The van der Waals surface area contributed by atoms with E-state index in [-0.39, 0.29) is 27.9 Å². The van der Waals surface area contributed by atoms with Crippen LogP contribution in [-0.2, 0) is 0 Å². The third-order valence-corrected chi connectivity index (χ3v) is 3.71. The Morgan fingerprint density at radius 2 is 1.61 bits per heavy atom. The first-order chi connectivity index (χ1) is 11.1. The SMILES string of the molecule is NCCNc1ccc([N+](=O)[O-])c2c1C(=O)c1ccccc1C2=O. The zero-order chi connectivity index (χ0) is 16.6. The summed E-state index contributed by atoms with van der Waals surface area (Å²) in [6, 6.07) is 8.99. The van der Waals surface area contributed by atoms with Crippen molar-refractivity contribution < 1.29 is 14.5 Å². The van der Waals surface area contributed by atoms with Gasteiger partial charge in [-0.1, -0.05) is 24.3 Å². The first-order valence-electron chi connectivity index (χ1n) is 7.00. The molecule has 1 aliphatic rings. The average molecular weight is 311 g/mol. The zero-order valence-corrected chi connectivity index (χ0v) is 12.0. The molecule has 0 saturated heterocycles. The molecule has 0 aliphatic heterocycles. The molecule has 3 rings (SSSR count). The maximum atomic E-state index is 12.8. The largest absolute Gasteiger partial charge is 0.383 e. The third-order valence-electron chi connectivity index (χ3n) is 3.71. The average Bonchev–Trinajstić information content (AvgIpc) is 2.56. The number of hydrogen-bond donors (Lipinski definition) is 2. The van der Waals surface area contributed by atoms with Gasteiger partial charge in [-0.25, -0.2) is 0 Å². The molecule has 0 saturated carbocycles. The number of rotatable bonds is 4. The van der Waals surface area contributed by atoms with Crippen molar-refractivity contribution in [3.63, 3.8) is 0 Å². The molecule has 7 heteroatoms. The highest BCUT2D eigenvalue weighted by molar-refractivity contribution is 6.31. The van der Waals surface area contributed by atoms with Crippen LogP contribution in [0, 0.1) is 10.1 Å². The highest BCUT2D eigenvalue weighted by atomic mass is 16.6. The highest BCUT2D eigenvalue weighted by Gasteiger charge is 2.37. The van der Waals surface area contributed by atoms with Crippen molar-refractivity contribution >= 4 is 22.9 Å². The number of ketones is 2. The summed E-state index contributed by atoms with van der Waals surface area (Å²) >= 11 is 0. The van der Waals surface area contributed by atoms with Crippen molar-refractivity contribution in [3.8, 4) is 0 Å². The predicted molar refractivity (Wildman–Crippen MR) is 83.9 cm³/mol. The number of benzene rings is 2. The Hall–Kier alpha value is -3.06. The maximum absolute atomic E-state index is 12.8. The Balaban J connectivity index is 2.29. The van der Waals surface area contributed by atoms with Gasteiger partial charge in [0.25, 0.3) is 5.69 Å². The molecule has 0 atom stereocenters. The van der Waals surface area contributed by atoms with Crippen molar-refractivity contribution in [2.45, 2.75) is 0 Å². The number of nitro benzene ring substituents is 1. The van der Waals surface area contributed by atoms with Crippen LogP contribution in [-0.4, -0.2) is 29.6 Å². The Bertz CT molecular complexity index is 845. The number of carbonyl (C=O) groups excluding carboxylic acids is 2. The molecule has 0 amide bonds. The molecule has 7 nitrogen and oxygen atoms in total. The van der Waals surface area contributed by atoms with Crippen molar-refractivity contribution in [3.05, 3.63) is 68.8 Å². The molecular weight excluding hydrogens is 298 g/mol. The van der Waals surface area contributed by atoms with Gasteiger partial charge in [0, 0.05) is 36.0 Å². The van der Waals surface area contributed by atoms with Gasteiger partial charge >= 0.3 is 0 Å². The molecule has 0 aromatic heterocycles. The molecule has 0 radical (unpaired) electrons. The standard InChI is InChI=1S/C16H13N3O4/c17-7-8-18-11-5-6-12(19(22)23)14-13(11)15(20)9-3-1-2-4-10(9)16(14)21/h1-6,18H,7-8,17H2. The molecule has 2 aromatic carbocycles. The number of nitrogens with two attached hydrogens (primary N) is 1. The van der Waals surface area contributed by atoms with E-state index in [2.05, 4.69) is 5.32 Å². The van der Waals surface area contributed by atoms with E-state index in [9.17, 15) is 19.7 Å².